The molecule has 0 saturated carbocycles. The lowest BCUT2D eigenvalue weighted by Crippen LogP contribution is -2.16. The minimum atomic E-state index is -0.0759. The second kappa shape index (κ2) is 13.9. The molecule has 1 heteroatoms. The minimum absolute atomic E-state index is 0.0759. The van der Waals surface area contributed by atoms with Crippen molar-refractivity contribution in [1.82, 2.24) is 0 Å². The van der Waals surface area contributed by atoms with Gasteiger partial charge in [-0.2, -0.15) is 0 Å². The monoisotopic (exact) mass is 591 g/mol. The first kappa shape index (κ1) is 30.9. The van der Waals surface area contributed by atoms with Gasteiger partial charge in [0.15, 0.2) is 0 Å². The number of benzene rings is 3. The first-order valence-corrected chi connectivity index (χ1v) is 17.1. The molecule has 230 valence electrons. The Labute approximate surface area is 271 Å². The zero-order valence-corrected chi connectivity index (χ0v) is 27.4. The highest BCUT2D eigenvalue weighted by Gasteiger charge is 2.36. The van der Waals surface area contributed by atoms with E-state index in [1.165, 1.54) is 89.5 Å². The van der Waals surface area contributed by atoms with Gasteiger partial charge in [0.2, 0.25) is 0 Å². The Morgan fingerprint density at radius 1 is 0.800 bits per heavy atom. The summed E-state index contributed by atoms with van der Waals surface area (Å²) in [6.07, 6.45) is 30.7. The van der Waals surface area contributed by atoms with Gasteiger partial charge in [0.1, 0.15) is 0 Å². The molecule has 0 saturated heterocycles. The van der Waals surface area contributed by atoms with E-state index in [4.69, 9.17) is 5.73 Å². The summed E-state index contributed by atoms with van der Waals surface area (Å²) < 4.78 is 0. The lowest BCUT2D eigenvalue weighted by molar-refractivity contribution is 0.526. The second-order valence-corrected chi connectivity index (χ2v) is 13.8. The van der Waals surface area contributed by atoms with Crippen molar-refractivity contribution in [3.63, 3.8) is 0 Å². The predicted molar refractivity (Wildman–Crippen MR) is 195 cm³/mol. The average Bonchev–Trinajstić information content (AvgIpc) is 3.31. The van der Waals surface area contributed by atoms with Crippen LogP contribution >= 0.6 is 0 Å². The Hall–Kier alpha value is -4.10. The zero-order chi connectivity index (χ0) is 31.2. The number of hydrogen-bond donors (Lipinski definition) is 1. The van der Waals surface area contributed by atoms with E-state index in [0.717, 1.165) is 23.6 Å². The highest BCUT2D eigenvalue weighted by atomic mass is 14.6. The van der Waals surface area contributed by atoms with Gasteiger partial charge in [-0.15, -0.1) is 0 Å². The van der Waals surface area contributed by atoms with Gasteiger partial charge in [-0.3, -0.25) is 0 Å². The second-order valence-electron chi connectivity index (χ2n) is 13.8. The fraction of sp³-hybridized carbons (Fsp3) is 0.318. The standard InChI is InChI=1S/C44H49N/c1-32(35-20-12-7-13-21-35)23-28-43(45)38-25-27-40-39-26-24-37(30-41(39)44(2,3)42(40)31-38)36-22-14-19-34(29-36)18-9-5-4-8-15-33-16-10-6-11-17-33/h6-7,10-14,16,19-21,23-31,33,36H,4-5,8-9,15,17-18,22,45H2,1-3H3/b32-23+,43-28-. The molecule has 45 heavy (non-hydrogen) atoms. The Kier molecular flexibility index (Phi) is 9.55. The molecule has 0 aliphatic heterocycles. The van der Waals surface area contributed by atoms with E-state index in [2.05, 4.69) is 130 Å². The molecule has 0 bridgehead atoms. The Balaban J connectivity index is 1.11. The van der Waals surface area contributed by atoms with Crippen LogP contribution in [0.15, 0.2) is 127 Å². The first-order chi connectivity index (χ1) is 21.9. The Morgan fingerprint density at radius 3 is 2.38 bits per heavy atom. The lowest BCUT2D eigenvalue weighted by atomic mass is 9.79. The molecule has 0 spiro atoms. The molecule has 3 aromatic rings. The molecule has 1 nitrogen and oxygen atoms in total. The van der Waals surface area contributed by atoms with Gasteiger partial charge in [-0.25, -0.2) is 0 Å². The summed E-state index contributed by atoms with van der Waals surface area (Å²) in [4.78, 5) is 0. The van der Waals surface area contributed by atoms with Crippen molar-refractivity contribution in [2.24, 2.45) is 11.7 Å². The van der Waals surface area contributed by atoms with Crippen molar-refractivity contribution in [3.05, 3.63) is 155 Å². The predicted octanol–water partition coefficient (Wildman–Crippen LogP) is 11.8. The molecular formula is C44H49N. The van der Waals surface area contributed by atoms with E-state index in [9.17, 15) is 0 Å². The first-order valence-electron chi connectivity index (χ1n) is 17.1. The van der Waals surface area contributed by atoms with E-state index in [1.54, 1.807) is 0 Å². The average molecular weight is 592 g/mol. The fourth-order valence-electron chi connectivity index (χ4n) is 7.36. The smallest absolute Gasteiger partial charge is 0.0387 e. The number of rotatable bonds is 11. The maximum absolute atomic E-state index is 6.63. The van der Waals surface area contributed by atoms with Crippen LogP contribution in [-0.2, 0) is 5.41 Å². The molecule has 0 radical (unpaired) electrons. The van der Waals surface area contributed by atoms with Crippen LogP contribution < -0.4 is 5.73 Å². The molecule has 3 aliphatic carbocycles. The number of unbranched alkanes of at least 4 members (excludes halogenated alkanes) is 3. The maximum Gasteiger partial charge on any atom is 0.0387 e. The topological polar surface area (TPSA) is 26.0 Å². The summed E-state index contributed by atoms with van der Waals surface area (Å²) in [5.41, 5.74) is 19.3. The van der Waals surface area contributed by atoms with Crippen LogP contribution in [0.25, 0.3) is 22.4 Å². The lowest BCUT2D eigenvalue weighted by Gasteiger charge is -2.24. The van der Waals surface area contributed by atoms with Crippen molar-refractivity contribution >= 4 is 11.3 Å². The summed E-state index contributed by atoms with van der Waals surface area (Å²) in [5.74, 6) is 1.22. The van der Waals surface area contributed by atoms with Crippen LogP contribution in [-0.4, -0.2) is 0 Å². The summed E-state index contributed by atoms with van der Waals surface area (Å²) in [5, 5.41) is 0. The van der Waals surface area contributed by atoms with Crippen LogP contribution in [0.4, 0.5) is 0 Å². The number of fused-ring (bicyclic) bond motifs is 3. The number of hydrogen-bond acceptors (Lipinski definition) is 1. The summed E-state index contributed by atoms with van der Waals surface area (Å²) in [7, 11) is 0. The normalized spacial score (nSPS) is 20.2. The van der Waals surface area contributed by atoms with Crippen LogP contribution in [0.5, 0.6) is 0 Å². The van der Waals surface area contributed by atoms with Crippen molar-refractivity contribution in [2.75, 3.05) is 0 Å². The quantitative estimate of drug-likeness (QED) is 0.174. The molecule has 2 unspecified atom stereocenters. The summed E-state index contributed by atoms with van der Waals surface area (Å²) >= 11 is 0. The minimum Gasteiger partial charge on any atom is -0.398 e. The molecule has 0 heterocycles. The molecule has 0 fully saturated rings. The number of allylic oxidation sites excluding steroid dienone is 11. The fourth-order valence-corrected chi connectivity index (χ4v) is 7.36. The van der Waals surface area contributed by atoms with Crippen LogP contribution in [0.1, 0.15) is 106 Å². The molecule has 2 atom stereocenters. The van der Waals surface area contributed by atoms with E-state index >= 15 is 0 Å². The summed E-state index contributed by atoms with van der Waals surface area (Å²) in [6.45, 7) is 6.87. The maximum atomic E-state index is 6.63. The van der Waals surface area contributed by atoms with Gasteiger partial charge in [-0.05, 0) is 102 Å². The largest absolute Gasteiger partial charge is 0.398 e. The highest BCUT2D eigenvalue weighted by molar-refractivity contribution is 5.83. The molecule has 3 aromatic carbocycles. The Bertz CT molecular complexity index is 1690. The van der Waals surface area contributed by atoms with Gasteiger partial charge in [0.25, 0.3) is 0 Å². The molecule has 0 aromatic heterocycles. The highest BCUT2D eigenvalue weighted by Crippen LogP contribution is 2.50. The van der Waals surface area contributed by atoms with Crippen molar-refractivity contribution < 1.29 is 0 Å². The van der Waals surface area contributed by atoms with E-state index < -0.39 is 0 Å². The van der Waals surface area contributed by atoms with E-state index in [0.29, 0.717) is 5.92 Å². The van der Waals surface area contributed by atoms with Crippen molar-refractivity contribution in [2.45, 2.75) is 83.5 Å². The molecule has 2 N–H and O–H groups in total. The van der Waals surface area contributed by atoms with Gasteiger partial charge < -0.3 is 5.73 Å². The molecule has 3 aliphatic rings. The third kappa shape index (κ3) is 7.09. The zero-order valence-electron chi connectivity index (χ0n) is 27.4. The van der Waals surface area contributed by atoms with Gasteiger partial charge >= 0.3 is 0 Å². The third-order valence-electron chi connectivity index (χ3n) is 10.2. The summed E-state index contributed by atoms with van der Waals surface area (Å²) in [6, 6.07) is 24.5. The Morgan fingerprint density at radius 2 is 1.58 bits per heavy atom. The molecule has 6 rings (SSSR count). The SMILES string of the molecule is C/C(=C\C=C(/N)c1ccc2c(c1)C(C)(C)c1cc(C3C=C(CCCCCCC4C=CC=CC4)C=CC3)ccc1-2)c1ccccc1. The van der Waals surface area contributed by atoms with Gasteiger partial charge in [0, 0.05) is 17.0 Å². The number of nitrogens with two attached hydrogens (primary N) is 1. The molecular weight excluding hydrogens is 542 g/mol. The van der Waals surface area contributed by atoms with Crippen LogP contribution in [0.2, 0.25) is 0 Å². The van der Waals surface area contributed by atoms with Crippen LogP contribution in [0, 0.1) is 5.92 Å². The van der Waals surface area contributed by atoms with Crippen molar-refractivity contribution in [3.8, 4) is 11.1 Å². The van der Waals surface area contributed by atoms with E-state index in [-0.39, 0.29) is 5.41 Å². The van der Waals surface area contributed by atoms with Gasteiger partial charge in [0.05, 0.1) is 0 Å². The molecule has 0 amide bonds. The van der Waals surface area contributed by atoms with Gasteiger partial charge in [-0.1, -0.05) is 148 Å². The van der Waals surface area contributed by atoms with Crippen LogP contribution in [0.3, 0.4) is 0 Å². The van der Waals surface area contributed by atoms with E-state index in [1.807, 2.05) is 12.1 Å². The third-order valence-corrected chi connectivity index (χ3v) is 10.2. The van der Waals surface area contributed by atoms with Crippen molar-refractivity contribution in [1.29, 1.82) is 0 Å².